The Morgan fingerprint density at radius 2 is 1.70 bits per heavy atom. The van der Waals surface area contributed by atoms with E-state index in [1.54, 1.807) is 7.11 Å². The summed E-state index contributed by atoms with van der Waals surface area (Å²) in [6, 6.07) is 29.2. The maximum Gasteiger partial charge on any atom is 0.471 e. The molecule has 0 unspecified atom stereocenters. The number of hydrogen-bond donors (Lipinski definition) is 1. The van der Waals surface area contributed by atoms with E-state index < -0.39 is 29.0 Å². The van der Waals surface area contributed by atoms with Crippen LogP contribution in [0.3, 0.4) is 0 Å². The van der Waals surface area contributed by atoms with Crippen molar-refractivity contribution in [2.45, 2.75) is 108 Å². The van der Waals surface area contributed by atoms with E-state index in [9.17, 15) is 27.6 Å². The molecule has 1 N–H and O–H groups in total. The summed E-state index contributed by atoms with van der Waals surface area (Å²) in [7, 11) is 2.77. The van der Waals surface area contributed by atoms with Crippen molar-refractivity contribution in [3.8, 4) is 28.4 Å². The first-order valence-corrected chi connectivity index (χ1v) is 24.6. The minimum Gasteiger partial charge on any atom is -0.496 e. The van der Waals surface area contributed by atoms with E-state index in [0.717, 1.165) is 77.8 Å². The highest BCUT2D eigenvalue weighted by Crippen LogP contribution is 2.58. The van der Waals surface area contributed by atoms with Gasteiger partial charge in [0, 0.05) is 40.3 Å². The molecule has 1 fully saturated rings. The number of aryl methyl sites for hydroxylation is 1. The second-order valence-corrected chi connectivity index (χ2v) is 19.7. The van der Waals surface area contributed by atoms with Crippen molar-refractivity contribution in [1.29, 1.82) is 0 Å². The lowest BCUT2D eigenvalue weighted by molar-refractivity contribution is -0.174. The van der Waals surface area contributed by atoms with Crippen LogP contribution in [0.5, 0.6) is 17.2 Å². The smallest absolute Gasteiger partial charge is 0.471 e. The normalized spacial score (nSPS) is 21.0. The Labute approximate surface area is 413 Å². The zero-order valence-electron chi connectivity index (χ0n) is 40.2. The number of nitrogens with one attached hydrogen (secondary N) is 1. The minimum atomic E-state index is -5.29. The van der Waals surface area contributed by atoms with Crippen LogP contribution in [0.4, 0.5) is 18.9 Å². The molecule has 10 nitrogen and oxygen atoms in total. The maximum atomic E-state index is 14.6. The zero-order chi connectivity index (χ0) is 49.6. The number of carbonyl (C=O) groups excluding carboxylic acids is 3. The van der Waals surface area contributed by atoms with E-state index in [-0.39, 0.29) is 47.7 Å². The molecular weight excluding hydrogens is 919 g/mol. The Hall–Kier alpha value is -6.08. The topological polar surface area (TPSA) is 116 Å². The van der Waals surface area contributed by atoms with Crippen LogP contribution in [0.1, 0.15) is 99.1 Å². The van der Waals surface area contributed by atoms with Gasteiger partial charge in [0.15, 0.2) is 0 Å². The van der Waals surface area contributed by atoms with E-state index >= 15 is 0 Å². The monoisotopic (exact) mass is 979 g/mol. The summed E-state index contributed by atoms with van der Waals surface area (Å²) < 4.78 is 67.4. The van der Waals surface area contributed by atoms with Gasteiger partial charge in [0.2, 0.25) is 5.91 Å². The van der Waals surface area contributed by atoms with Crippen LogP contribution in [0, 0.1) is 11.8 Å². The number of fused-ring (bicyclic) bond motifs is 3. The predicted molar refractivity (Wildman–Crippen MR) is 264 cm³/mol. The van der Waals surface area contributed by atoms with Gasteiger partial charge in [0.1, 0.15) is 22.8 Å². The molecule has 1 saturated carbocycles. The van der Waals surface area contributed by atoms with Gasteiger partial charge in [-0.25, -0.2) is 4.79 Å². The van der Waals surface area contributed by atoms with Gasteiger partial charge in [-0.2, -0.15) is 13.2 Å². The standard InChI is InChI=1S/C56H61ClF3N3O7/c1-36(35-70-49-21-27-61-47-17-7-11-37(2)51(47)49)29-41-32-40-19-20-44(69-28-10-26-62-50(64)31-38-12-8-13-39(30-38)45-16-5-6-18-48(45)67-3)34-46(40)54(41)22-24-55(25-23-54,53(66)68-4)63(52(65)56(58,59)60)43-15-9-14-42(57)33-43/h5-6,8-9,12-16,18-21,27,30,33-34,36-37,41H,7,10-11,17,22-26,28-29,31-32,35H2,1-4H3,(H,62,64)/t36-,37-,41+,54?,55?/m1/s1. The molecule has 4 aromatic carbocycles. The molecule has 1 aromatic heterocycles. The first kappa shape index (κ1) is 50.3. The Morgan fingerprint density at radius 3 is 2.46 bits per heavy atom. The van der Waals surface area contributed by atoms with Crippen molar-refractivity contribution in [2.24, 2.45) is 11.8 Å². The second-order valence-electron chi connectivity index (χ2n) is 19.3. The van der Waals surface area contributed by atoms with E-state index in [4.69, 9.17) is 30.5 Å². The lowest BCUT2D eigenvalue weighted by Gasteiger charge is -2.51. The van der Waals surface area contributed by atoms with Crippen LogP contribution in [-0.2, 0) is 43.8 Å². The molecule has 3 aliphatic carbocycles. The predicted octanol–water partition coefficient (Wildman–Crippen LogP) is 11.6. The fourth-order valence-electron chi connectivity index (χ4n) is 11.4. The van der Waals surface area contributed by atoms with Gasteiger partial charge in [-0.15, -0.1) is 0 Å². The lowest BCUT2D eigenvalue weighted by Crippen LogP contribution is -2.63. The number of benzene rings is 4. The Morgan fingerprint density at radius 1 is 0.914 bits per heavy atom. The molecule has 8 rings (SSSR count). The van der Waals surface area contributed by atoms with Gasteiger partial charge in [-0.1, -0.05) is 80.0 Å². The molecule has 1 heterocycles. The number of halogens is 4. The Kier molecular flexibility index (Phi) is 15.5. The number of anilines is 1. The number of hydrogen-bond acceptors (Lipinski definition) is 8. The van der Waals surface area contributed by atoms with Crippen molar-refractivity contribution in [1.82, 2.24) is 10.3 Å². The van der Waals surface area contributed by atoms with E-state index in [1.807, 2.05) is 72.9 Å². The highest BCUT2D eigenvalue weighted by atomic mass is 35.5. The number of esters is 1. The molecule has 0 saturated heterocycles. The largest absolute Gasteiger partial charge is 0.496 e. The zero-order valence-corrected chi connectivity index (χ0v) is 41.0. The summed E-state index contributed by atoms with van der Waals surface area (Å²) >= 11 is 6.29. The Balaban J connectivity index is 0.994. The molecule has 70 heavy (non-hydrogen) atoms. The van der Waals surface area contributed by atoms with Crippen molar-refractivity contribution in [3.05, 3.63) is 136 Å². The molecule has 5 aromatic rings. The van der Waals surface area contributed by atoms with Crippen LogP contribution in [0.25, 0.3) is 11.1 Å². The van der Waals surface area contributed by atoms with Gasteiger partial charge in [-0.05, 0) is 152 Å². The molecule has 0 bridgehead atoms. The molecule has 0 radical (unpaired) electrons. The van der Waals surface area contributed by atoms with E-state index in [0.29, 0.717) is 62.0 Å². The fraction of sp³-hybridized carbons (Fsp3) is 0.429. The summed E-state index contributed by atoms with van der Waals surface area (Å²) in [5.74, 6) is -0.486. The summed E-state index contributed by atoms with van der Waals surface area (Å²) in [4.78, 5) is 45.8. The third-order valence-corrected chi connectivity index (χ3v) is 15.0. The van der Waals surface area contributed by atoms with Gasteiger partial charge in [0.25, 0.3) is 0 Å². The van der Waals surface area contributed by atoms with Crippen LogP contribution < -0.4 is 24.4 Å². The lowest BCUT2D eigenvalue weighted by atomic mass is 9.59. The number of carbonyl (C=O) groups is 3. The minimum absolute atomic E-state index is 0.0286. The summed E-state index contributed by atoms with van der Waals surface area (Å²) in [6.45, 7) is 5.56. The molecule has 14 heteroatoms. The van der Waals surface area contributed by atoms with E-state index in [1.165, 1.54) is 29.8 Å². The first-order chi connectivity index (χ1) is 33.7. The number of nitrogens with zero attached hydrogens (tertiary/aromatic N) is 2. The molecular formula is C56H61ClF3N3O7. The van der Waals surface area contributed by atoms with Crippen molar-refractivity contribution in [2.75, 3.05) is 38.9 Å². The molecule has 3 aliphatic rings. The number of amides is 2. The molecule has 2 amide bonds. The average Bonchev–Trinajstić information content (AvgIpc) is 3.63. The number of rotatable bonds is 17. The number of pyridine rings is 1. The second kappa shape index (κ2) is 21.5. The highest BCUT2D eigenvalue weighted by molar-refractivity contribution is 6.31. The van der Waals surface area contributed by atoms with Gasteiger partial charge in [0.05, 0.1) is 33.9 Å². The van der Waals surface area contributed by atoms with Crippen LogP contribution in [0.15, 0.2) is 103 Å². The van der Waals surface area contributed by atoms with Crippen molar-refractivity contribution in [3.63, 3.8) is 0 Å². The number of alkyl halides is 3. The van der Waals surface area contributed by atoms with Crippen molar-refractivity contribution < 1.29 is 46.5 Å². The third kappa shape index (κ3) is 10.6. The van der Waals surface area contributed by atoms with Gasteiger partial charge < -0.3 is 24.3 Å². The highest BCUT2D eigenvalue weighted by Gasteiger charge is 2.60. The quantitative estimate of drug-likeness (QED) is 0.0723. The van der Waals surface area contributed by atoms with E-state index in [2.05, 4.69) is 30.2 Å². The Bertz CT molecular complexity index is 2690. The number of ether oxygens (including phenoxy) is 4. The van der Waals surface area contributed by atoms with Crippen LogP contribution in [-0.4, -0.2) is 68.5 Å². The van der Waals surface area contributed by atoms with Crippen LogP contribution in [0.2, 0.25) is 5.02 Å². The summed E-state index contributed by atoms with van der Waals surface area (Å²) in [6.07, 6.45) is 2.23. The van der Waals surface area contributed by atoms with Gasteiger partial charge in [-0.3, -0.25) is 19.5 Å². The number of methoxy groups -OCH3 is 2. The average molecular weight is 981 g/mol. The molecule has 0 aliphatic heterocycles. The summed E-state index contributed by atoms with van der Waals surface area (Å²) in [5, 5.41) is 3.13. The molecule has 1 spiro atoms. The molecule has 370 valence electrons. The fourth-order valence-corrected chi connectivity index (χ4v) is 11.6. The maximum absolute atomic E-state index is 14.6. The first-order valence-electron chi connectivity index (χ1n) is 24.3. The number of para-hydroxylation sites is 1. The third-order valence-electron chi connectivity index (χ3n) is 14.7. The van der Waals surface area contributed by atoms with Gasteiger partial charge >= 0.3 is 18.1 Å². The number of aromatic nitrogens is 1. The SMILES string of the molecule is COC(=O)C1(N(C(=O)C(F)(F)F)c2cccc(Cl)c2)CCC2(CC1)c1cc(OCCCNC(=O)Cc3cccc(-c4ccccc4OC)c3)ccc1C[C@@H]2C[C@@H](C)COc1ccnc2c1[C@H](C)CCC2. The summed E-state index contributed by atoms with van der Waals surface area (Å²) in [5.41, 5.74) is 4.50. The van der Waals surface area contributed by atoms with Crippen LogP contribution >= 0.6 is 11.6 Å². The molecule has 3 atom stereocenters. The van der Waals surface area contributed by atoms with Crippen molar-refractivity contribution >= 4 is 35.1 Å².